The van der Waals surface area contributed by atoms with Gasteiger partial charge in [0.05, 0.1) is 118 Å². The smallest absolute Gasteiger partial charge is 0.340 e. The minimum atomic E-state index is -0.490. The van der Waals surface area contributed by atoms with Gasteiger partial charge in [0.15, 0.2) is 11.6 Å². The Morgan fingerprint density at radius 1 is 0.394 bits per heavy atom. The standard InChI is InChI=1S/C19H26I3NO2.C17H23I3NO2.C15H18I3NO2.2C13H14I3NO2.2CH4/c1-17(2)9-11(10-18(3,4)23-17)19(5,6)25-16(24)13-7-12(20)8-14(21)15(13)22;1-17(2,11-5-7-21(3,4)8-6-11)23-16(22)13-9-12(18)10-14(19)15(13)20;1-15(2,9-4-5-19(3)8-9)21-14(20)11-6-10(16)7-12(17)13(11)18;1-13(2,7-5-17-6-7)19-12(18)9-3-8(14)4-10(15)11(9)16;1-13(2,10-6-17(10)3)19-12(18)8-4-7(14)5-9(15)11(8)16;;/h7-8,11,23H,9-10H2,1-6H3;9-11H,5-8H2,1-4H3;6-7,9H,4-5,8H2,1-3H3;3-4,7,17H,5-6H2,1-2H3;4-5,10H,6H2,1-3H3;2*1H4/q;+1;;;;;/p+4. The van der Waals surface area contributed by atoms with Crippen molar-refractivity contribution in [2.45, 2.75) is 189 Å². The number of piperidine rings is 2. The number of quaternary nitrogens is 5. The third-order valence-corrected chi connectivity index (χ3v) is 38.8. The summed E-state index contributed by atoms with van der Waals surface area (Å²) in [6.45, 7) is 37.2. The highest BCUT2D eigenvalue weighted by Crippen LogP contribution is 2.40. The van der Waals surface area contributed by atoms with Crippen LogP contribution in [-0.4, -0.2) is 153 Å². The molecule has 5 fully saturated rings. The average molecular weight is 3190 g/mol. The lowest BCUT2D eigenvalue weighted by molar-refractivity contribution is -0.896. The molecule has 0 aromatic heterocycles. The Kier molecular flexibility index (Phi) is 42.8. The maximum absolute atomic E-state index is 12.9. The first-order chi connectivity index (χ1) is 49.0. The largest absolute Gasteiger partial charge is 0.456 e. The summed E-state index contributed by atoms with van der Waals surface area (Å²) >= 11 is 33.6. The van der Waals surface area contributed by atoms with E-state index in [-0.39, 0.29) is 61.4 Å². The second-order valence-electron chi connectivity index (χ2n) is 33.1. The number of halogens is 15. The molecule has 5 aliphatic rings. The average Bonchev–Trinajstić information content (AvgIpc) is 1.78. The lowest BCUT2D eigenvalue weighted by Gasteiger charge is -2.47. The Morgan fingerprint density at radius 2 is 0.651 bits per heavy atom. The number of rotatable bonds is 15. The number of hydrogen-bond donors (Lipinski definition) is 4. The van der Waals surface area contributed by atoms with E-state index in [1.165, 1.54) is 9.80 Å². The van der Waals surface area contributed by atoms with Crippen molar-refractivity contribution in [3.8, 4) is 0 Å². The van der Waals surface area contributed by atoms with Crippen LogP contribution in [-0.2, 0) is 23.7 Å². The van der Waals surface area contributed by atoms with Crippen molar-refractivity contribution in [3.63, 3.8) is 0 Å². The molecule has 0 spiro atoms. The molecular weight excluding hydrogens is 3080 g/mol. The van der Waals surface area contributed by atoms with Gasteiger partial charge in [-0.2, -0.15) is 0 Å². The van der Waals surface area contributed by atoms with Crippen LogP contribution in [0.15, 0.2) is 60.7 Å². The highest BCUT2D eigenvalue weighted by atomic mass is 127. The van der Waals surface area contributed by atoms with Crippen LogP contribution in [0.5, 0.6) is 0 Å². The van der Waals surface area contributed by atoms with Crippen LogP contribution in [0.25, 0.3) is 0 Å². The number of likely N-dealkylation sites (N-methyl/N-ethyl adjacent to an activating group) is 1. The number of nitrogens with two attached hydrogens (primary N) is 2. The Bertz CT molecular complexity index is 3980. The van der Waals surface area contributed by atoms with Crippen LogP contribution in [0, 0.1) is 77.2 Å². The molecule has 5 saturated heterocycles. The first-order valence-electron chi connectivity index (χ1n) is 35.0. The second-order valence-corrected chi connectivity index (χ2v) is 50.5. The Hall–Kier alpha value is 4.20. The van der Waals surface area contributed by atoms with Gasteiger partial charge in [0.25, 0.3) is 0 Å². The van der Waals surface area contributed by atoms with Crippen molar-refractivity contribution in [1.82, 2.24) is 0 Å². The first kappa shape index (κ1) is 106. The van der Waals surface area contributed by atoms with Crippen molar-refractivity contribution in [2.75, 3.05) is 74.0 Å². The molecule has 5 aromatic carbocycles. The molecule has 4 unspecified atom stereocenters. The lowest BCUT2D eigenvalue weighted by Crippen LogP contribution is -3.07. The summed E-state index contributed by atoms with van der Waals surface area (Å²) in [6.07, 6.45) is 5.41. The zero-order chi connectivity index (χ0) is 81.0. The summed E-state index contributed by atoms with van der Waals surface area (Å²) in [5, 5.41) is 4.69. The minimum absolute atomic E-state index is 0. The van der Waals surface area contributed by atoms with Crippen LogP contribution in [0.1, 0.15) is 196 Å². The molecule has 0 amide bonds. The third-order valence-electron chi connectivity index (χ3n) is 20.5. The normalized spacial score (nSPS) is 19.6. The molecule has 5 heterocycles. The van der Waals surface area contributed by atoms with Gasteiger partial charge in [-0.3, -0.25) is 0 Å². The van der Waals surface area contributed by atoms with E-state index in [4.69, 9.17) is 23.7 Å². The molecule has 0 aliphatic carbocycles. The summed E-state index contributed by atoms with van der Waals surface area (Å²) < 4.78 is 46.1. The Morgan fingerprint density at radius 3 is 0.899 bits per heavy atom. The van der Waals surface area contributed by atoms with Crippen molar-refractivity contribution < 1.29 is 72.6 Å². The molecule has 0 saturated carbocycles. The lowest BCUT2D eigenvalue weighted by atomic mass is 9.70. The zero-order valence-corrected chi connectivity index (χ0v) is 95.9. The summed E-state index contributed by atoms with van der Waals surface area (Å²) in [6, 6.07) is 20.3. The molecule has 0 radical (unpaired) electrons. The van der Waals surface area contributed by atoms with Gasteiger partial charge in [0.2, 0.25) is 0 Å². The van der Waals surface area contributed by atoms with Crippen LogP contribution >= 0.6 is 339 Å². The number of carbonyl (C=O) groups excluding carboxylic acids is 5. The summed E-state index contributed by atoms with van der Waals surface area (Å²) in [7, 11) is 8.86. The highest BCUT2D eigenvalue weighted by Gasteiger charge is 2.53. The maximum Gasteiger partial charge on any atom is 0.340 e. The van der Waals surface area contributed by atoms with Crippen LogP contribution in [0.4, 0.5) is 0 Å². The first-order valence-corrected chi connectivity index (χ1v) is 51.2. The number of nitrogens with zero attached hydrogens (tertiary/aromatic N) is 1. The van der Waals surface area contributed by atoms with Gasteiger partial charge in [-0.25, -0.2) is 24.0 Å². The molecule has 6 N–H and O–H groups in total. The third kappa shape index (κ3) is 31.4. The predicted molar refractivity (Wildman–Crippen MR) is 567 cm³/mol. The molecule has 109 heavy (non-hydrogen) atoms. The van der Waals surface area contributed by atoms with E-state index in [1.807, 2.05) is 71.9 Å². The van der Waals surface area contributed by atoms with E-state index < -0.39 is 22.4 Å². The second kappa shape index (κ2) is 44.2. The number of carbonyl (C=O) groups is 5. The molecule has 30 heteroatoms. The van der Waals surface area contributed by atoms with E-state index in [2.05, 4.69) is 463 Å². The van der Waals surface area contributed by atoms with Crippen LogP contribution in [0.2, 0.25) is 0 Å². The van der Waals surface area contributed by atoms with Gasteiger partial charge in [0, 0.05) is 97.5 Å². The number of benzene rings is 5. The minimum Gasteiger partial charge on any atom is -0.456 e. The van der Waals surface area contributed by atoms with Gasteiger partial charge in [0.1, 0.15) is 28.9 Å². The van der Waals surface area contributed by atoms with Gasteiger partial charge in [-0.05, 0) is 496 Å². The van der Waals surface area contributed by atoms with E-state index in [0.29, 0.717) is 57.5 Å². The number of ether oxygens (including phenoxy) is 5. The molecule has 10 rings (SSSR count). The molecule has 0 bridgehead atoms. The number of likely N-dealkylation sites (tertiary alicyclic amines) is 2. The Labute approximate surface area is 854 Å². The fraction of sp³-hybridized carbons (Fsp3) is 0.557. The van der Waals surface area contributed by atoms with E-state index in [9.17, 15) is 24.0 Å². The van der Waals surface area contributed by atoms with Crippen molar-refractivity contribution in [3.05, 3.63) is 142 Å². The molecule has 5 aliphatic heterocycles. The highest BCUT2D eigenvalue weighted by molar-refractivity contribution is 14.1. The molecule has 4 atom stereocenters. The maximum atomic E-state index is 12.9. The summed E-state index contributed by atoms with van der Waals surface area (Å²) in [4.78, 5) is 65.9. The predicted octanol–water partition coefficient (Wildman–Crippen LogP) is 19.1. The molecule has 608 valence electrons. The molecular formula is C79H107I15N5O10+5. The van der Waals surface area contributed by atoms with Gasteiger partial charge in [-0.1, -0.05) is 14.9 Å². The zero-order valence-electron chi connectivity index (χ0n) is 63.5. The molecule has 5 aromatic rings. The van der Waals surface area contributed by atoms with Crippen LogP contribution < -0.4 is 20.4 Å². The topological polar surface area (TPSA) is 174 Å². The summed E-state index contributed by atoms with van der Waals surface area (Å²) in [5.74, 6) is 0.611. The van der Waals surface area contributed by atoms with Crippen molar-refractivity contribution in [2.24, 2.45) is 23.7 Å². The number of hydrogen-bond acceptors (Lipinski definition) is 10. The van der Waals surface area contributed by atoms with E-state index >= 15 is 0 Å². The van der Waals surface area contributed by atoms with E-state index in [0.717, 1.165) is 136 Å². The SMILES string of the molecule is C.C.CC(C)(OC(=O)c1cc(I)cc(I)c1I)C1CC[N+](C)(C)CC1.CC(C)(OC(=O)c1cc(I)cc(I)c1I)C1C[NH2+]C1.CC1(C)CC(C(C)(C)OC(=O)c2cc(I)cc(I)c2I)CC(C)(C)[NH2+]1.C[NH+]1CC1C(C)(C)OC(=O)c1cc(I)cc(I)c1I.C[NH+]1CCC(C(C)(C)OC(=O)c2cc(I)cc(I)c2I)C1. The van der Waals surface area contributed by atoms with Crippen LogP contribution in [0.3, 0.4) is 0 Å². The van der Waals surface area contributed by atoms with Gasteiger partial charge in [-0.15, -0.1) is 0 Å². The number of esters is 5. The van der Waals surface area contributed by atoms with Crippen molar-refractivity contribution >= 4 is 369 Å². The summed E-state index contributed by atoms with van der Waals surface area (Å²) in [5.41, 5.74) is 1.57. The van der Waals surface area contributed by atoms with Crippen molar-refractivity contribution in [1.29, 1.82) is 0 Å². The van der Waals surface area contributed by atoms with E-state index in [1.54, 1.807) is 0 Å². The Balaban J connectivity index is 0.000000287. The monoisotopic (exact) mass is 3190 g/mol. The molecule has 15 nitrogen and oxygen atoms in total. The quantitative estimate of drug-likeness (QED) is 0.0197. The fourth-order valence-corrected chi connectivity index (χ4v) is 25.9. The fourth-order valence-electron chi connectivity index (χ4n) is 14.0. The van der Waals surface area contributed by atoms with Gasteiger partial charge >= 0.3 is 29.8 Å². The van der Waals surface area contributed by atoms with Gasteiger partial charge < -0.3 is 48.6 Å². The number of nitrogens with one attached hydrogen (secondary N) is 2.